The van der Waals surface area contributed by atoms with Gasteiger partial charge in [0.15, 0.2) is 0 Å². The van der Waals surface area contributed by atoms with Crippen molar-refractivity contribution in [2.75, 3.05) is 0 Å². The largest absolute Gasteiger partial charge is 0.309 e. The lowest BCUT2D eigenvalue weighted by Crippen LogP contribution is -2.05. The van der Waals surface area contributed by atoms with Crippen molar-refractivity contribution in [1.29, 1.82) is 0 Å². The first-order valence-electron chi connectivity index (χ1n) is 20.0. The lowest BCUT2D eigenvalue weighted by atomic mass is 9.99. The van der Waals surface area contributed by atoms with E-state index in [1.165, 1.54) is 64.3 Å². The van der Waals surface area contributed by atoms with Crippen molar-refractivity contribution in [1.82, 2.24) is 19.1 Å². The topological polar surface area (TPSA) is 35.6 Å². The molecule has 4 heterocycles. The van der Waals surface area contributed by atoms with E-state index in [4.69, 9.17) is 9.97 Å². The third-order valence-electron chi connectivity index (χ3n) is 12.1. The normalized spacial score (nSPS) is 12.3. The highest BCUT2D eigenvalue weighted by molar-refractivity contribution is 7.99. The minimum Gasteiger partial charge on any atom is -0.309 e. The highest BCUT2D eigenvalue weighted by Gasteiger charge is 2.24. The minimum atomic E-state index is 0.679. The average molecular weight is 769 g/mol. The van der Waals surface area contributed by atoms with Gasteiger partial charge in [0.05, 0.1) is 33.3 Å². The lowest BCUT2D eigenvalue weighted by Gasteiger charge is -2.20. The van der Waals surface area contributed by atoms with E-state index >= 15 is 0 Å². The van der Waals surface area contributed by atoms with Crippen molar-refractivity contribution in [3.63, 3.8) is 0 Å². The quantitative estimate of drug-likeness (QED) is 0.179. The standard InChI is InChI=1S/C54H32N4S/c1-2-11-33(12-3-1)34-21-26-38(27-22-34)57-46-29-25-36(31-43(46)51-39-14-5-4-13-35(39)24-30-47(51)57)37-23-28-41-40-15-6-8-18-45(40)58(48(41)32-37)54-55-44-17-10-20-50-52(44)53(56-54)42-16-7-9-19-49(42)59-50/h1-32H. The molecule has 59 heavy (non-hydrogen) atoms. The molecule has 0 bridgehead atoms. The Bertz CT molecular complexity index is 3690. The van der Waals surface area contributed by atoms with Crippen LogP contribution in [0.15, 0.2) is 204 Å². The number of fused-ring (bicyclic) bond motifs is 10. The van der Waals surface area contributed by atoms with Gasteiger partial charge in [-0.1, -0.05) is 145 Å². The van der Waals surface area contributed by atoms with E-state index in [9.17, 15) is 0 Å². The third kappa shape index (κ3) is 4.86. The SMILES string of the molecule is c1ccc(-c2ccc(-n3c4ccc(-c5ccc6c7ccccc7n(-c7nc8c9c(cccc9n7)Sc7ccccc7-8)c6c5)cc4c4c5ccccc5ccc43)cc2)cc1. The van der Waals surface area contributed by atoms with Gasteiger partial charge in [0.1, 0.15) is 0 Å². The number of nitrogens with zero attached hydrogens (tertiary/aromatic N) is 4. The van der Waals surface area contributed by atoms with Crippen LogP contribution in [-0.2, 0) is 0 Å². The first-order valence-corrected chi connectivity index (χ1v) is 20.8. The van der Waals surface area contributed by atoms with Crippen molar-refractivity contribution < 1.29 is 0 Å². The predicted molar refractivity (Wildman–Crippen MR) is 246 cm³/mol. The van der Waals surface area contributed by atoms with E-state index in [2.05, 4.69) is 203 Å². The van der Waals surface area contributed by atoms with Gasteiger partial charge in [0, 0.05) is 48.0 Å². The summed E-state index contributed by atoms with van der Waals surface area (Å²) >= 11 is 1.80. The van der Waals surface area contributed by atoms with Gasteiger partial charge in [0.2, 0.25) is 5.95 Å². The van der Waals surface area contributed by atoms with Gasteiger partial charge in [-0.2, -0.15) is 0 Å². The molecule has 1 aliphatic rings. The Morgan fingerprint density at radius 1 is 0.373 bits per heavy atom. The molecule has 0 amide bonds. The fourth-order valence-corrected chi connectivity index (χ4v) is 10.5. The molecule has 0 unspecified atom stereocenters. The fraction of sp³-hybridized carbons (Fsp3) is 0. The van der Waals surface area contributed by atoms with Crippen LogP contribution in [0.2, 0.25) is 0 Å². The molecule has 13 rings (SSSR count). The Morgan fingerprint density at radius 2 is 1.05 bits per heavy atom. The van der Waals surface area contributed by atoms with E-state index in [-0.39, 0.29) is 0 Å². The Hall–Kier alpha value is -7.47. The van der Waals surface area contributed by atoms with Crippen LogP contribution in [0, 0.1) is 0 Å². The number of rotatable bonds is 4. The first-order chi connectivity index (χ1) is 29.2. The predicted octanol–water partition coefficient (Wildman–Crippen LogP) is 14.4. The van der Waals surface area contributed by atoms with E-state index < -0.39 is 0 Å². The smallest absolute Gasteiger partial charge is 0.235 e. The maximum Gasteiger partial charge on any atom is 0.235 e. The summed E-state index contributed by atoms with van der Waals surface area (Å²) in [5, 5.41) is 8.45. The summed E-state index contributed by atoms with van der Waals surface area (Å²) in [7, 11) is 0. The van der Waals surface area contributed by atoms with Gasteiger partial charge in [-0.15, -0.1) is 0 Å². The minimum absolute atomic E-state index is 0.679. The summed E-state index contributed by atoms with van der Waals surface area (Å²) in [4.78, 5) is 13.1. The molecular formula is C54H32N4S. The van der Waals surface area contributed by atoms with Crippen LogP contribution < -0.4 is 0 Å². The second kappa shape index (κ2) is 12.5. The molecular weight excluding hydrogens is 737 g/mol. The van der Waals surface area contributed by atoms with Crippen LogP contribution in [0.25, 0.3) is 110 Å². The van der Waals surface area contributed by atoms with Crippen LogP contribution in [0.3, 0.4) is 0 Å². The molecule has 274 valence electrons. The van der Waals surface area contributed by atoms with Crippen molar-refractivity contribution in [3.8, 4) is 45.1 Å². The summed E-state index contributed by atoms with van der Waals surface area (Å²) in [5.41, 5.74) is 13.5. The zero-order valence-corrected chi connectivity index (χ0v) is 32.5. The van der Waals surface area contributed by atoms with Crippen LogP contribution in [0.1, 0.15) is 0 Å². The van der Waals surface area contributed by atoms with Gasteiger partial charge in [-0.3, -0.25) is 4.57 Å². The van der Waals surface area contributed by atoms with E-state index in [1.54, 1.807) is 11.8 Å². The fourth-order valence-electron chi connectivity index (χ4n) is 9.44. The van der Waals surface area contributed by atoms with Crippen molar-refractivity contribution in [2.45, 2.75) is 9.79 Å². The summed E-state index contributed by atoms with van der Waals surface area (Å²) in [6.45, 7) is 0. The molecule has 4 nitrogen and oxygen atoms in total. The van der Waals surface area contributed by atoms with Crippen molar-refractivity contribution >= 4 is 77.0 Å². The number of aromatic nitrogens is 4. The van der Waals surface area contributed by atoms with Crippen LogP contribution in [-0.4, -0.2) is 19.1 Å². The summed E-state index contributed by atoms with van der Waals surface area (Å²) in [5.74, 6) is 0.679. The maximum atomic E-state index is 5.41. The molecule has 3 aromatic heterocycles. The molecule has 0 atom stereocenters. The summed E-state index contributed by atoms with van der Waals surface area (Å²) in [6.07, 6.45) is 0. The number of benzene rings is 9. The summed E-state index contributed by atoms with van der Waals surface area (Å²) in [6, 6.07) is 70.3. The molecule has 0 radical (unpaired) electrons. The Labute approximate surface area is 343 Å². The average Bonchev–Trinajstić information content (AvgIpc) is 3.82. The van der Waals surface area contributed by atoms with Gasteiger partial charge in [0.25, 0.3) is 0 Å². The second-order valence-electron chi connectivity index (χ2n) is 15.4. The first kappa shape index (κ1) is 32.6. The summed E-state index contributed by atoms with van der Waals surface area (Å²) < 4.78 is 4.68. The monoisotopic (exact) mass is 768 g/mol. The second-order valence-corrected chi connectivity index (χ2v) is 16.5. The maximum absolute atomic E-state index is 5.41. The van der Waals surface area contributed by atoms with Crippen molar-refractivity contribution in [3.05, 3.63) is 194 Å². The molecule has 0 saturated heterocycles. The Balaban J connectivity index is 1.03. The molecule has 0 saturated carbocycles. The zero-order valence-electron chi connectivity index (χ0n) is 31.7. The van der Waals surface area contributed by atoms with Crippen LogP contribution in [0.5, 0.6) is 0 Å². The highest BCUT2D eigenvalue weighted by atomic mass is 32.2. The molecule has 9 aromatic carbocycles. The van der Waals surface area contributed by atoms with Crippen LogP contribution >= 0.6 is 11.8 Å². The highest BCUT2D eigenvalue weighted by Crippen LogP contribution is 2.47. The Morgan fingerprint density at radius 3 is 1.97 bits per heavy atom. The molecule has 1 aliphatic heterocycles. The van der Waals surface area contributed by atoms with Gasteiger partial charge >= 0.3 is 0 Å². The van der Waals surface area contributed by atoms with Gasteiger partial charge < -0.3 is 4.57 Å². The van der Waals surface area contributed by atoms with Gasteiger partial charge in [-0.05, 0) is 93.7 Å². The van der Waals surface area contributed by atoms with Crippen molar-refractivity contribution in [2.24, 2.45) is 0 Å². The Kier molecular flexibility index (Phi) is 6.91. The third-order valence-corrected chi connectivity index (χ3v) is 13.3. The number of hydrogen-bond donors (Lipinski definition) is 0. The molecule has 5 heteroatoms. The molecule has 0 fully saturated rings. The molecule has 0 spiro atoms. The lowest BCUT2D eigenvalue weighted by molar-refractivity contribution is 1.01. The van der Waals surface area contributed by atoms with E-state index in [0.717, 1.165) is 50.0 Å². The molecule has 0 aliphatic carbocycles. The number of para-hydroxylation sites is 1. The van der Waals surface area contributed by atoms with E-state index in [0.29, 0.717) is 5.95 Å². The molecule has 12 aromatic rings. The number of hydrogen-bond acceptors (Lipinski definition) is 3. The van der Waals surface area contributed by atoms with Gasteiger partial charge in [-0.25, -0.2) is 9.97 Å². The van der Waals surface area contributed by atoms with Crippen LogP contribution in [0.4, 0.5) is 0 Å². The molecule has 0 N–H and O–H groups in total. The van der Waals surface area contributed by atoms with E-state index in [1.807, 2.05) is 0 Å². The zero-order chi connectivity index (χ0) is 38.6.